The van der Waals surface area contributed by atoms with Crippen LogP contribution in [0.5, 0.6) is 0 Å². The number of nitrogens with zero attached hydrogens (tertiary/aromatic N) is 1. The summed E-state index contributed by atoms with van der Waals surface area (Å²) >= 11 is 12.5. The summed E-state index contributed by atoms with van der Waals surface area (Å²) in [6, 6.07) is 5.62. The third-order valence-corrected chi connectivity index (χ3v) is 10.0. The second-order valence-corrected chi connectivity index (χ2v) is 15.5. The van der Waals surface area contributed by atoms with E-state index in [0.717, 1.165) is 25.0 Å². The molecular weight excluding hydrogens is 696 g/mol. The van der Waals surface area contributed by atoms with Crippen molar-refractivity contribution >= 4 is 50.9 Å². The van der Waals surface area contributed by atoms with E-state index in [-0.39, 0.29) is 81.9 Å². The summed E-state index contributed by atoms with van der Waals surface area (Å²) in [4.78, 5) is 39.1. The third kappa shape index (κ3) is 11.5. The second-order valence-electron chi connectivity index (χ2n) is 12.4. The number of ether oxygens (including phenoxy) is 1. The van der Waals surface area contributed by atoms with Crippen molar-refractivity contribution in [2.45, 2.75) is 89.1 Å². The molecular formula is C32H41Cl2F3N4O6S. The molecule has 0 aliphatic carbocycles. The number of nitrogens with one attached hydrogen (secondary N) is 3. The zero-order valence-corrected chi connectivity index (χ0v) is 29.6. The molecule has 2 aromatic carbocycles. The van der Waals surface area contributed by atoms with Crippen LogP contribution in [0.1, 0.15) is 80.4 Å². The molecule has 266 valence electrons. The number of carbonyl (C=O) groups is 3. The predicted molar refractivity (Wildman–Crippen MR) is 177 cm³/mol. The highest BCUT2D eigenvalue weighted by atomic mass is 35.5. The summed E-state index contributed by atoms with van der Waals surface area (Å²) in [6.07, 6.45) is -3.45. The quantitative estimate of drug-likeness (QED) is 0.239. The van der Waals surface area contributed by atoms with Crippen LogP contribution in [0.4, 0.5) is 18.0 Å². The van der Waals surface area contributed by atoms with Gasteiger partial charge in [0.15, 0.2) is 9.84 Å². The number of carbonyl (C=O) groups excluding carboxylic acids is 3. The van der Waals surface area contributed by atoms with E-state index in [4.69, 9.17) is 27.9 Å². The van der Waals surface area contributed by atoms with Gasteiger partial charge >= 0.3 is 12.3 Å². The molecule has 48 heavy (non-hydrogen) atoms. The molecule has 3 N–H and O–H groups in total. The number of alkyl halides is 3. The molecule has 1 atom stereocenters. The van der Waals surface area contributed by atoms with E-state index in [9.17, 15) is 36.0 Å². The zero-order valence-electron chi connectivity index (χ0n) is 27.2. The molecule has 0 bridgehead atoms. The molecule has 1 heterocycles. The van der Waals surface area contributed by atoms with Crippen molar-refractivity contribution in [2.75, 3.05) is 25.5 Å². The Hall–Kier alpha value is -3.07. The summed E-state index contributed by atoms with van der Waals surface area (Å²) in [6.45, 7) is 7.00. The minimum absolute atomic E-state index is 0.0155. The average Bonchev–Trinajstić information content (AvgIpc) is 2.98. The van der Waals surface area contributed by atoms with Gasteiger partial charge in [-0.2, -0.15) is 13.2 Å². The fourth-order valence-corrected chi connectivity index (χ4v) is 6.86. The van der Waals surface area contributed by atoms with E-state index >= 15 is 0 Å². The van der Waals surface area contributed by atoms with Crippen molar-refractivity contribution in [2.24, 2.45) is 0 Å². The number of sulfone groups is 1. The van der Waals surface area contributed by atoms with Crippen molar-refractivity contribution in [1.29, 1.82) is 0 Å². The van der Waals surface area contributed by atoms with Crippen molar-refractivity contribution in [3.05, 3.63) is 62.6 Å². The lowest BCUT2D eigenvalue weighted by atomic mass is 9.92. The van der Waals surface area contributed by atoms with Gasteiger partial charge in [-0.25, -0.2) is 13.2 Å². The number of rotatable bonds is 12. The van der Waals surface area contributed by atoms with Gasteiger partial charge in [0.25, 0.3) is 5.91 Å². The van der Waals surface area contributed by atoms with Crippen molar-refractivity contribution in [3.63, 3.8) is 0 Å². The van der Waals surface area contributed by atoms with Gasteiger partial charge in [0.2, 0.25) is 5.91 Å². The van der Waals surface area contributed by atoms with Gasteiger partial charge in [0.1, 0.15) is 5.60 Å². The average molecular weight is 738 g/mol. The number of amides is 3. The Kier molecular flexibility index (Phi) is 13.6. The molecule has 3 amide bonds. The molecule has 1 fully saturated rings. The first kappa shape index (κ1) is 39.4. The van der Waals surface area contributed by atoms with Gasteiger partial charge in [0.05, 0.1) is 22.9 Å². The van der Waals surface area contributed by atoms with Gasteiger partial charge < -0.3 is 20.7 Å². The monoisotopic (exact) mass is 736 g/mol. The lowest BCUT2D eigenvalue weighted by Crippen LogP contribution is -2.47. The van der Waals surface area contributed by atoms with Crippen LogP contribution >= 0.6 is 23.2 Å². The third-order valence-electron chi connectivity index (χ3n) is 7.63. The number of hydrogen-bond acceptors (Lipinski definition) is 7. The molecule has 0 saturated carbocycles. The molecule has 0 aromatic heterocycles. The van der Waals surface area contributed by atoms with Crippen molar-refractivity contribution < 1.29 is 40.7 Å². The Morgan fingerprint density at radius 3 is 2.38 bits per heavy atom. The van der Waals surface area contributed by atoms with E-state index in [1.54, 1.807) is 20.8 Å². The number of benzene rings is 2. The van der Waals surface area contributed by atoms with Crippen LogP contribution in [0.25, 0.3) is 0 Å². The summed E-state index contributed by atoms with van der Waals surface area (Å²) in [5, 5.41) is 7.74. The number of likely N-dealkylation sites (tertiary alicyclic amines) is 1. The maximum absolute atomic E-state index is 14.4. The maximum atomic E-state index is 14.4. The highest BCUT2D eigenvalue weighted by Crippen LogP contribution is 2.38. The Balaban J connectivity index is 1.72. The smallest absolute Gasteiger partial charge is 0.416 e. The lowest BCUT2D eigenvalue weighted by Gasteiger charge is -2.36. The summed E-state index contributed by atoms with van der Waals surface area (Å²) in [7, 11) is -3.66. The van der Waals surface area contributed by atoms with Gasteiger partial charge in [-0.05, 0) is 81.5 Å². The van der Waals surface area contributed by atoms with Gasteiger partial charge in [-0.1, -0.05) is 36.5 Å². The van der Waals surface area contributed by atoms with E-state index in [2.05, 4.69) is 16.0 Å². The summed E-state index contributed by atoms with van der Waals surface area (Å²) in [5.41, 5.74) is -2.05. The Morgan fingerprint density at radius 2 is 1.73 bits per heavy atom. The molecule has 1 aliphatic heterocycles. The molecule has 10 nitrogen and oxygen atoms in total. The molecule has 0 spiro atoms. The Morgan fingerprint density at radius 1 is 1.02 bits per heavy atom. The fraction of sp³-hybridized carbons (Fsp3) is 0.531. The lowest BCUT2D eigenvalue weighted by molar-refractivity contribution is -0.138. The van der Waals surface area contributed by atoms with Crippen molar-refractivity contribution in [1.82, 2.24) is 20.9 Å². The minimum Gasteiger partial charge on any atom is -0.444 e. The normalized spacial score (nSPS) is 15.9. The number of piperidine rings is 1. The van der Waals surface area contributed by atoms with E-state index in [1.807, 2.05) is 4.90 Å². The highest BCUT2D eigenvalue weighted by Gasteiger charge is 2.37. The van der Waals surface area contributed by atoms with Crippen LogP contribution in [0.2, 0.25) is 10.0 Å². The predicted octanol–water partition coefficient (Wildman–Crippen LogP) is 6.12. The van der Waals surface area contributed by atoms with Crippen LogP contribution in [-0.2, 0) is 38.5 Å². The van der Waals surface area contributed by atoms with Crippen molar-refractivity contribution in [3.8, 4) is 0 Å². The fourth-order valence-electron chi connectivity index (χ4n) is 5.26. The first-order chi connectivity index (χ1) is 22.3. The molecule has 2 aromatic rings. The zero-order chi connectivity index (χ0) is 35.9. The molecule has 16 heteroatoms. The topological polar surface area (TPSA) is 134 Å². The second kappa shape index (κ2) is 16.6. The summed E-state index contributed by atoms with van der Waals surface area (Å²) < 4.78 is 73.3. The van der Waals surface area contributed by atoms with Crippen LogP contribution < -0.4 is 16.0 Å². The van der Waals surface area contributed by atoms with E-state index in [0.29, 0.717) is 13.0 Å². The van der Waals surface area contributed by atoms with Crippen LogP contribution in [-0.4, -0.2) is 68.4 Å². The summed E-state index contributed by atoms with van der Waals surface area (Å²) in [5.74, 6) is -1.42. The standard InChI is InChI=1S/C32H41Cl2F3N4O6S/c1-5-48(45,46)27-10-9-22(33)14-21(27)18-39-29(43)20-15-25(32(35,36)37)24(26(34)16-20)17-23-8-6-7-13-41(23)19-40-28(42)11-12-38-30(44)47-31(2,3)4/h9-10,14-16,23H,5-8,11-13,17-19H2,1-4H3,(H,38,44)(H,39,43)(H,40,42)/t23-/m1/s1. The van der Waals surface area contributed by atoms with Crippen LogP contribution in [0, 0.1) is 0 Å². The number of hydrogen-bond donors (Lipinski definition) is 3. The molecule has 0 radical (unpaired) electrons. The first-order valence-electron chi connectivity index (χ1n) is 15.5. The molecule has 1 aliphatic rings. The largest absolute Gasteiger partial charge is 0.444 e. The van der Waals surface area contributed by atoms with Crippen LogP contribution in [0.3, 0.4) is 0 Å². The van der Waals surface area contributed by atoms with Gasteiger partial charge in [0, 0.05) is 47.7 Å². The van der Waals surface area contributed by atoms with E-state index in [1.165, 1.54) is 25.1 Å². The highest BCUT2D eigenvalue weighted by molar-refractivity contribution is 7.91. The molecule has 1 saturated heterocycles. The van der Waals surface area contributed by atoms with Crippen LogP contribution in [0.15, 0.2) is 35.2 Å². The van der Waals surface area contributed by atoms with Gasteiger partial charge in [-0.15, -0.1) is 0 Å². The Bertz CT molecular complexity index is 1600. The Labute approximate surface area is 289 Å². The first-order valence-corrected chi connectivity index (χ1v) is 17.9. The maximum Gasteiger partial charge on any atom is 0.416 e. The molecule has 0 unspecified atom stereocenters. The van der Waals surface area contributed by atoms with Gasteiger partial charge in [-0.3, -0.25) is 14.5 Å². The molecule has 3 rings (SSSR count). The number of alkyl carbamates (subject to hydrolysis) is 1. The SMILES string of the molecule is CCS(=O)(=O)c1ccc(Cl)cc1CNC(=O)c1cc(Cl)c(C[C@H]2CCCCN2CNC(=O)CCNC(=O)OC(C)(C)C)c(C(F)(F)F)c1. The number of halogens is 5. The minimum atomic E-state index is -4.83. The van der Waals surface area contributed by atoms with E-state index < -0.39 is 39.2 Å².